The van der Waals surface area contributed by atoms with Crippen LogP contribution in [0.15, 0.2) is 24.3 Å². The summed E-state index contributed by atoms with van der Waals surface area (Å²) in [7, 11) is -3.31. The van der Waals surface area contributed by atoms with Crippen LogP contribution < -0.4 is 5.32 Å². The Morgan fingerprint density at radius 1 is 1.38 bits per heavy atom. The van der Waals surface area contributed by atoms with Gasteiger partial charge >= 0.3 is 0 Å². The molecule has 1 aromatic rings. The molecule has 0 saturated carbocycles. The van der Waals surface area contributed by atoms with Gasteiger partial charge in [-0.3, -0.25) is 0 Å². The van der Waals surface area contributed by atoms with Crippen LogP contribution in [0.1, 0.15) is 25.3 Å². The number of hydrogen-bond donors (Lipinski definition) is 1. The van der Waals surface area contributed by atoms with Crippen molar-refractivity contribution in [1.29, 1.82) is 0 Å². The standard InChI is InChI=1S/C15H22ClNO3S/c1-2-8-17-14-7-9-20-10-15(14)21(18,19)11-12-5-3-4-6-13(12)16/h3-6,14-15,17H,2,7-11H2,1H3. The summed E-state index contributed by atoms with van der Waals surface area (Å²) in [4.78, 5) is 0. The maximum absolute atomic E-state index is 12.7. The van der Waals surface area contributed by atoms with E-state index in [2.05, 4.69) is 12.2 Å². The maximum Gasteiger partial charge on any atom is 0.161 e. The molecule has 0 radical (unpaired) electrons. The molecule has 0 aromatic heterocycles. The fourth-order valence-corrected chi connectivity index (χ4v) is 4.79. The van der Waals surface area contributed by atoms with Crippen molar-refractivity contribution < 1.29 is 13.2 Å². The Bertz CT molecular complexity index is 562. The average molecular weight is 332 g/mol. The first-order valence-corrected chi connectivity index (χ1v) is 9.40. The number of benzene rings is 1. The van der Waals surface area contributed by atoms with E-state index < -0.39 is 15.1 Å². The van der Waals surface area contributed by atoms with Crippen LogP contribution >= 0.6 is 11.6 Å². The minimum Gasteiger partial charge on any atom is -0.380 e. The molecule has 1 fully saturated rings. The van der Waals surface area contributed by atoms with Crippen LogP contribution in [-0.4, -0.2) is 39.5 Å². The molecule has 1 saturated heterocycles. The third kappa shape index (κ3) is 4.42. The van der Waals surface area contributed by atoms with Crippen molar-refractivity contribution in [3.8, 4) is 0 Å². The zero-order valence-electron chi connectivity index (χ0n) is 12.2. The number of halogens is 1. The molecule has 0 amide bonds. The summed E-state index contributed by atoms with van der Waals surface area (Å²) >= 11 is 6.08. The lowest BCUT2D eigenvalue weighted by Gasteiger charge is -2.32. The van der Waals surface area contributed by atoms with Gasteiger partial charge in [0.25, 0.3) is 0 Å². The Morgan fingerprint density at radius 2 is 2.14 bits per heavy atom. The number of sulfone groups is 1. The Morgan fingerprint density at radius 3 is 2.86 bits per heavy atom. The Labute approximate surface area is 131 Å². The molecule has 2 unspecified atom stereocenters. The lowest BCUT2D eigenvalue weighted by Crippen LogP contribution is -2.50. The largest absolute Gasteiger partial charge is 0.380 e. The molecule has 6 heteroatoms. The molecular formula is C15H22ClNO3S. The molecule has 0 spiro atoms. The Balaban J connectivity index is 2.14. The second-order valence-corrected chi connectivity index (χ2v) is 7.99. The molecule has 1 heterocycles. The third-order valence-electron chi connectivity index (χ3n) is 3.74. The zero-order chi connectivity index (χ0) is 15.3. The van der Waals surface area contributed by atoms with Gasteiger partial charge < -0.3 is 10.1 Å². The van der Waals surface area contributed by atoms with Crippen LogP contribution in [0.3, 0.4) is 0 Å². The monoisotopic (exact) mass is 331 g/mol. The van der Waals surface area contributed by atoms with Gasteiger partial charge in [0, 0.05) is 17.7 Å². The van der Waals surface area contributed by atoms with Crippen LogP contribution in [-0.2, 0) is 20.3 Å². The van der Waals surface area contributed by atoms with Gasteiger partial charge in [-0.15, -0.1) is 0 Å². The average Bonchev–Trinajstić information content (AvgIpc) is 2.47. The third-order valence-corrected chi connectivity index (χ3v) is 6.21. The highest BCUT2D eigenvalue weighted by Gasteiger charge is 2.36. The van der Waals surface area contributed by atoms with Gasteiger partial charge in [0.1, 0.15) is 5.25 Å². The van der Waals surface area contributed by atoms with E-state index in [9.17, 15) is 8.42 Å². The second kappa shape index (κ2) is 7.58. The van der Waals surface area contributed by atoms with Crippen molar-refractivity contribution >= 4 is 21.4 Å². The van der Waals surface area contributed by atoms with Gasteiger partial charge in [0.2, 0.25) is 0 Å². The smallest absolute Gasteiger partial charge is 0.161 e. The van der Waals surface area contributed by atoms with E-state index >= 15 is 0 Å². The number of ether oxygens (including phenoxy) is 1. The minimum absolute atomic E-state index is 0.0359. The van der Waals surface area contributed by atoms with Crippen LogP contribution in [0.5, 0.6) is 0 Å². The number of hydrogen-bond acceptors (Lipinski definition) is 4. The molecule has 21 heavy (non-hydrogen) atoms. The SMILES string of the molecule is CCCNC1CCOCC1S(=O)(=O)Cc1ccccc1Cl. The zero-order valence-corrected chi connectivity index (χ0v) is 13.8. The molecule has 0 aliphatic carbocycles. The molecule has 1 N–H and O–H groups in total. The van der Waals surface area contributed by atoms with Crippen LogP contribution in [0.2, 0.25) is 5.02 Å². The van der Waals surface area contributed by atoms with E-state index in [1.54, 1.807) is 24.3 Å². The Kier molecular flexibility index (Phi) is 6.05. The molecular weight excluding hydrogens is 310 g/mol. The van der Waals surface area contributed by atoms with E-state index in [0.717, 1.165) is 19.4 Å². The minimum atomic E-state index is -3.31. The van der Waals surface area contributed by atoms with Crippen LogP contribution in [0.25, 0.3) is 0 Å². The van der Waals surface area contributed by atoms with E-state index in [1.165, 1.54) is 0 Å². The summed E-state index contributed by atoms with van der Waals surface area (Å²) in [6.07, 6.45) is 1.71. The first-order valence-electron chi connectivity index (χ1n) is 7.30. The van der Waals surface area contributed by atoms with E-state index in [1.807, 2.05) is 0 Å². The predicted molar refractivity (Wildman–Crippen MR) is 85.4 cm³/mol. The molecule has 118 valence electrons. The first-order chi connectivity index (χ1) is 10.0. The maximum atomic E-state index is 12.7. The van der Waals surface area contributed by atoms with Gasteiger partial charge in [-0.25, -0.2) is 8.42 Å². The van der Waals surface area contributed by atoms with Gasteiger partial charge in [0.05, 0.1) is 12.4 Å². The van der Waals surface area contributed by atoms with Crippen molar-refractivity contribution in [1.82, 2.24) is 5.32 Å². The fraction of sp³-hybridized carbons (Fsp3) is 0.600. The summed E-state index contributed by atoms with van der Waals surface area (Å²) in [5, 5.41) is 3.33. The molecule has 0 bridgehead atoms. The van der Waals surface area contributed by atoms with Crippen molar-refractivity contribution in [3.63, 3.8) is 0 Å². The first kappa shape index (κ1) is 16.7. The highest BCUT2D eigenvalue weighted by molar-refractivity contribution is 7.91. The summed E-state index contributed by atoms with van der Waals surface area (Å²) < 4.78 is 30.8. The highest BCUT2D eigenvalue weighted by Crippen LogP contribution is 2.23. The molecule has 1 aliphatic rings. The van der Waals surface area contributed by atoms with Gasteiger partial charge in [-0.2, -0.15) is 0 Å². The second-order valence-electron chi connectivity index (χ2n) is 5.36. The van der Waals surface area contributed by atoms with Crippen LogP contribution in [0.4, 0.5) is 0 Å². The number of rotatable bonds is 6. The normalized spacial score (nSPS) is 23.1. The molecule has 1 aromatic carbocycles. The van der Waals surface area contributed by atoms with Crippen molar-refractivity contribution in [2.24, 2.45) is 0 Å². The summed E-state index contributed by atoms with van der Waals surface area (Å²) in [5.41, 5.74) is 0.652. The lowest BCUT2D eigenvalue weighted by molar-refractivity contribution is 0.0808. The van der Waals surface area contributed by atoms with E-state index in [4.69, 9.17) is 16.3 Å². The summed E-state index contributed by atoms with van der Waals surface area (Å²) in [6, 6.07) is 7.05. The van der Waals surface area contributed by atoms with Gasteiger partial charge in [-0.05, 0) is 31.0 Å². The predicted octanol–water partition coefficient (Wildman–Crippen LogP) is 2.41. The van der Waals surface area contributed by atoms with E-state index in [-0.39, 0.29) is 18.4 Å². The fourth-order valence-electron chi connectivity index (χ4n) is 2.57. The molecule has 1 aliphatic heterocycles. The van der Waals surface area contributed by atoms with Crippen molar-refractivity contribution in [2.75, 3.05) is 19.8 Å². The van der Waals surface area contributed by atoms with Crippen molar-refractivity contribution in [3.05, 3.63) is 34.9 Å². The molecule has 2 rings (SSSR count). The number of nitrogens with one attached hydrogen (secondary N) is 1. The summed E-state index contributed by atoms with van der Waals surface area (Å²) in [6.45, 7) is 3.76. The lowest BCUT2D eigenvalue weighted by atomic mass is 10.1. The molecule has 4 nitrogen and oxygen atoms in total. The van der Waals surface area contributed by atoms with Crippen LogP contribution in [0, 0.1) is 0 Å². The highest BCUT2D eigenvalue weighted by atomic mass is 35.5. The van der Waals surface area contributed by atoms with E-state index in [0.29, 0.717) is 17.2 Å². The molecule has 2 atom stereocenters. The quantitative estimate of drug-likeness (QED) is 0.869. The topological polar surface area (TPSA) is 55.4 Å². The van der Waals surface area contributed by atoms with Gasteiger partial charge in [-0.1, -0.05) is 36.7 Å². The summed E-state index contributed by atoms with van der Waals surface area (Å²) in [5.74, 6) is -0.0367. The Hall–Kier alpha value is -0.620. The van der Waals surface area contributed by atoms with Crippen molar-refractivity contribution in [2.45, 2.75) is 36.8 Å². The van der Waals surface area contributed by atoms with Gasteiger partial charge in [0.15, 0.2) is 9.84 Å².